The number of hydrogen-bond acceptors (Lipinski definition) is 4. The first-order valence-corrected chi connectivity index (χ1v) is 11.0. The zero-order valence-electron chi connectivity index (χ0n) is 18.7. The highest BCUT2D eigenvalue weighted by Gasteiger charge is 2.20. The number of halogens is 1. The zero-order chi connectivity index (χ0) is 23.8. The van der Waals surface area contributed by atoms with E-state index in [1.165, 1.54) is 54.5 Å². The molecule has 0 unspecified atom stereocenters. The van der Waals surface area contributed by atoms with Crippen LogP contribution in [0.5, 0.6) is 0 Å². The van der Waals surface area contributed by atoms with Gasteiger partial charge in [0.15, 0.2) is 0 Å². The van der Waals surface area contributed by atoms with E-state index >= 15 is 0 Å². The number of aliphatic carboxylic acids is 2. The Bertz CT molecular complexity index is 1040. The van der Waals surface area contributed by atoms with Crippen LogP contribution in [0.3, 0.4) is 0 Å². The molecule has 2 aromatic rings. The third-order valence-electron chi connectivity index (χ3n) is 5.87. The lowest BCUT2D eigenvalue weighted by Gasteiger charge is -2.32. The van der Waals surface area contributed by atoms with Crippen LogP contribution in [0.1, 0.15) is 17.5 Å². The molecule has 174 valence electrons. The van der Waals surface area contributed by atoms with E-state index in [9.17, 15) is 14.0 Å². The predicted octanol–water partition coefficient (Wildman–Crippen LogP) is 3.78. The Morgan fingerprint density at radius 1 is 0.970 bits per heavy atom. The van der Waals surface area contributed by atoms with Crippen LogP contribution in [-0.2, 0) is 16.0 Å². The van der Waals surface area contributed by atoms with Gasteiger partial charge in [-0.2, -0.15) is 0 Å². The molecule has 1 aliphatic heterocycles. The van der Waals surface area contributed by atoms with Crippen LogP contribution in [0, 0.1) is 5.82 Å². The van der Waals surface area contributed by atoms with Crippen LogP contribution in [0.2, 0.25) is 0 Å². The summed E-state index contributed by atoms with van der Waals surface area (Å²) in [5.74, 6) is -2.68. The molecule has 0 radical (unpaired) electrons. The molecule has 1 aliphatic carbocycles. The monoisotopic (exact) mass is 452 g/mol. The van der Waals surface area contributed by atoms with Gasteiger partial charge in [-0.3, -0.25) is 0 Å². The maximum Gasteiger partial charge on any atom is 0.328 e. The molecule has 1 saturated heterocycles. The smallest absolute Gasteiger partial charge is 0.328 e. The summed E-state index contributed by atoms with van der Waals surface area (Å²) >= 11 is 0. The van der Waals surface area contributed by atoms with Gasteiger partial charge in [0.25, 0.3) is 0 Å². The minimum atomic E-state index is -1.26. The van der Waals surface area contributed by atoms with Gasteiger partial charge in [-0.15, -0.1) is 0 Å². The van der Waals surface area contributed by atoms with Crippen molar-refractivity contribution in [3.63, 3.8) is 0 Å². The summed E-state index contributed by atoms with van der Waals surface area (Å²) in [4.78, 5) is 24.1. The van der Waals surface area contributed by atoms with E-state index < -0.39 is 11.9 Å². The molecule has 0 saturated carbocycles. The molecule has 0 aromatic heterocycles. The second-order valence-electron chi connectivity index (χ2n) is 8.18. The molecule has 33 heavy (non-hydrogen) atoms. The summed E-state index contributed by atoms with van der Waals surface area (Å²) < 4.78 is 13.6. The first-order valence-electron chi connectivity index (χ1n) is 11.0. The lowest BCUT2D eigenvalue weighted by molar-refractivity contribution is -0.134. The molecule has 1 fully saturated rings. The molecule has 1 heterocycles. The molecule has 2 aliphatic rings. The molecular weight excluding hydrogens is 423 g/mol. The quantitative estimate of drug-likeness (QED) is 0.650. The van der Waals surface area contributed by atoms with E-state index in [2.05, 4.69) is 41.1 Å². The Morgan fingerprint density at radius 3 is 2.24 bits per heavy atom. The van der Waals surface area contributed by atoms with Crippen molar-refractivity contribution in [3.05, 3.63) is 77.6 Å². The van der Waals surface area contributed by atoms with Crippen molar-refractivity contribution in [2.75, 3.05) is 39.8 Å². The minimum Gasteiger partial charge on any atom is -0.478 e. The number of allylic oxidation sites excluding steroid dienone is 1. The summed E-state index contributed by atoms with van der Waals surface area (Å²) in [6, 6.07) is 13.4. The molecule has 4 rings (SSSR count). The van der Waals surface area contributed by atoms with Crippen molar-refractivity contribution in [2.45, 2.75) is 12.8 Å². The Labute approximate surface area is 193 Å². The summed E-state index contributed by atoms with van der Waals surface area (Å²) in [7, 11) is 2.20. The van der Waals surface area contributed by atoms with Gasteiger partial charge in [0.2, 0.25) is 0 Å². The van der Waals surface area contributed by atoms with Crippen LogP contribution in [-0.4, -0.2) is 71.7 Å². The Hall–Kier alpha value is -3.29. The second-order valence-corrected chi connectivity index (χ2v) is 8.18. The van der Waals surface area contributed by atoms with Crippen molar-refractivity contribution in [1.82, 2.24) is 9.80 Å². The largest absolute Gasteiger partial charge is 0.478 e. The van der Waals surface area contributed by atoms with E-state index in [0.29, 0.717) is 12.2 Å². The second kappa shape index (κ2) is 11.5. The number of benzene rings is 2. The van der Waals surface area contributed by atoms with Crippen LogP contribution < -0.4 is 0 Å². The summed E-state index contributed by atoms with van der Waals surface area (Å²) in [6.07, 6.45) is 5.54. The Kier molecular flexibility index (Phi) is 8.52. The molecule has 0 bridgehead atoms. The van der Waals surface area contributed by atoms with Crippen molar-refractivity contribution in [1.29, 1.82) is 0 Å². The van der Waals surface area contributed by atoms with Crippen molar-refractivity contribution in [2.24, 2.45) is 0 Å². The van der Waals surface area contributed by atoms with Gasteiger partial charge >= 0.3 is 11.9 Å². The maximum absolute atomic E-state index is 13.6. The van der Waals surface area contributed by atoms with Crippen LogP contribution in [0.15, 0.2) is 60.7 Å². The Balaban J connectivity index is 0.000000331. The van der Waals surface area contributed by atoms with E-state index in [1.54, 1.807) is 12.1 Å². The van der Waals surface area contributed by atoms with Crippen molar-refractivity contribution < 1.29 is 24.2 Å². The molecule has 2 aromatic carbocycles. The normalized spacial score (nSPS) is 16.1. The van der Waals surface area contributed by atoms with E-state index in [1.807, 2.05) is 6.07 Å². The number of likely N-dealkylation sites (N-methyl/N-ethyl adjacent to an activating group) is 1. The molecule has 0 spiro atoms. The van der Waals surface area contributed by atoms with E-state index in [0.717, 1.165) is 24.9 Å². The summed E-state index contributed by atoms with van der Waals surface area (Å²) in [5, 5.41) is 15.6. The number of carboxylic acids is 2. The van der Waals surface area contributed by atoms with Gasteiger partial charge < -0.3 is 20.0 Å². The number of fused-ring (bicyclic) bond motifs is 1. The highest BCUT2D eigenvalue weighted by molar-refractivity contribution is 5.89. The lowest BCUT2D eigenvalue weighted by atomic mass is 9.94. The molecule has 0 atom stereocenters. The minimum absolute atomic E-state index is 0.170. The van der Waals surface area contributed by atoms with Gasteiger partial charge in [0.1, 0.15) is 5.82 Å². The summed E-state index contributed by atoms with van der Waals surface area (Å²) in [5.41, 5.74) is 6.30. The lowest BCUT2D eigenvalue weighted by Crippen LogP contribution is -2.44. The average molecular weight is 453 g/mol. The van der Waals surface area contributed by atoms with Crippen molar-refractivity contribution in [3.8, 4) is 11.1 Å². The molecule has 7 heteroatoms. The number of carboxylic acid groups (broad SMARTS) is 2. The van der Waals surface area contributed by atoms with E-state index in [4.69, 9.17) is 10.2 Å². The van der Waals surface area contributed by atoms with Gasteiger partial charge in [0.05, 0.1) is 0 Å². The molecule has 2 N–H and O–H groups in total. The van der Waals surface area contributed by atoms with Gasteiger partial charge in [-0.1, -0.05) is 36.4 Å². The fourth-order valence-electron chi connectivity index (χ4n) is 4.10. The SMILES string of the molecule is CN1CCN(CCC2=CCc3c2cccc3-c2cccc(F)c2)CC1.O=C(O)C=CC(=O)O. The highest BCUT2D eigenvalue weighted by Crippen LogP contribution is 2.36. The van der Waals surface area contributed by atoms with Crippen LogP contribution >= 0.6 is 0 Å². The van der Waals surface area contributed by atoms with Crippen LogP contribution in [0.4, 0.5) is 4.39 Å². The number of carbonyl (C=O) groups is 2. The molecule has 0 amide bonds. The van der Waals surface area contributed by atoms with Gasteiger partial charge in [0, 0.05) is 44.9 Å². The van der Waals surface area contributed by atoms with E-state index in [-0.39, 0.29) is 5.82 Å². The highest BCUT2D eigenvalue weighted by atomic mass is 19.1. The number of rotatable bonds is 6. The van der Waals surface area contributed by atoms with Crippen molar-refractivity contribution >= 4 is 17.5 Å². The predicted molar refractivity (Wildman–Crippen MR) is 126 cm³/mol. The number of nitrogens with zero attached hydrogens (tertiary/aromatic N) is 2. The molecule has 6 nitrogen and oxygen atoms in total. The third kappa shape index (κ3) is 7.10. The first kappa shape index (κ1) is 24.4. The fourth-order valence-corrected chi connectivity index (χ4v) is 4.10. The van der Waals surface area contributed by atoms with Crippen LogP contribution in [0.25, 0.3) is 16.7 Å². The third-order valence-corrected chi connectivity index (χ3v) is 5.87. The maximum atomic E-state index is 13.6. The average Bonchev–Trinajstić information content (AvgIpc) is 3.21. The van der Waals surface area contributed by atoms with Gasteiger partial charge in [-0.05, 0) is 59.8 Å². The first-order chi connectivity index (χ1) is 15.8. The summed E-state index contributed by atoms with van der Waals surface area (Å²) in [6.45, 7) is 5.79. The Morgan fingerprint density at radius 2 is 1.61 bits per heavy atom. The zero-order valence-corrected chi connectivity index (χ0v) is 18.7. The molecular formula is C26H29FN2O4. The number of piperazine rings is 1. The fraction of sp³-hybridized carbons (Fsp3) is 0.308. The number of hydrogen-bond donors (Lipinski definition) is 2. The topological polar surface area (TPSA) is 81.1 Å². The standard InChI is InChI=1S/C22H25FN2.C4H4O4/c1-24-12-14-25(15-13-24)11-10-17-8-9-22-20(17)6-3-7-21(22)18-4-2-5-19(23)16-18;5-3(6)1-2-4(7)8/h2-8,16H,9-15H2,1H3;1-2H,(H,5,6)(H,7,8). The van der Waals surface area contributed by atoms with Gasteiger partial charge in [-0.25, -0.2) is 14.0 Å².